The van der Waals surface area contributed by atoms with E-state index in [-0.39, 0.29) is 5.82 Å². The molecule has 0 N–H and O–H groups in total. The van der Waals surface area contributed by atoms with E-state index in [1.54, 1.807) is 16.7 Å². The van der Waals surface area contributed by atoms with Crippen LogP contribution in [-0.2, 0) is 11.3 Å². The minimum Gasteiger partial charge on any atom is -0.479 e. The molecular formula is C21H20FNO3. The normalized spacial score (nSPS) is 10.6. The van der Waals surface area contributed by atoms with Crippen molar-refractivity contribution in [3.05, 3.63) is 77.7 Å². The van der Waals surface area contributed by atoms with Gasteiger partial charge in [0.15, 0.2) is 5.88 Å². The van der Waals surface area contributed by atoms with Crippen molar-refractivity contribution in [2.75, 3.05) is 13.7 Å². The standard InChI is InChI=1S/C21H20FNO3/c1-3-26-19-13-18(16-7-5-4-6-8-16)20(21(24)25-2)23(19)14-15-9-11-17(22)12-10-15/h4-13H,3,14H2,1-2H3. The van der Waals surface area contributed by atoms with Crippen molar-refractivity contribution in [3.8, 4) is 17.0 Å². The molecule has 0 unspecified atom stereocenters. The van der Waals surface area contributed by atoms with Crippen molar-refractivity contribution in [1.82, 2.24) is 4.57 Å². The highest BCUT2D eigenvalue weighted by Crippen LogP contribution is 2.33. The second-order valence-corrected chi connectivity index (χ2v) is 5.75. The Hall–Kier alpha value is -3.08. The highest BCUT2D eigenvalue weighted by Gasteiger charge is 2.24. The molecule has 0 amide bonds. The van der Waals surface area contributed by atoms with Crippen LogP contribution in [0, 0.1) is 5.82 Å². The number of rotatable bonds is 6. The summed E-state index contributed by atoms with van der Waals surface area (Å²) < 4.78 is 25.7. The molecule has 26 heavy (non-hydrogen) atoms. The number of hydrogen-bond donors (Lipinski definition) is 0. The lowest BCUT2D eigenvalue weighted by molar-refractivity contribution is 0.0588. The largest absolute Gasteiger partial charge is 0.479 e. The van der Waals surface area contributed by atoms with Gasteiger partial charge in [0.05, 0.1) is 20.3 Å². The number of carbonyl (C=O) groups is 1. The van der Waals surface area contributed by atoms with Crippen LogP contribution < -0.4 is 4.74 Å². The van der Waals surface area contributed by atoms with Gasteiger partial charge in [0.1, 0.15) is 11.5 Å². The molecule has 134 valence electrons. The van der Waals surface area contributed by atoms with Crippen LogP contribution in [0.2, 0.25) is 0 Å². The predicted molar refractivity (Wildman–Crippen MR) is 97.9 cm³/mol. The molecule has 1 aromatic heterocycles. The van der Waals surface area contributed by atoms with Crippen molar-refractivity contribution < 1.29 is 18.7 Å². The number of benzene rings is 2. The number of methoxy groups -OCH3 is 1. The smallest absolute Gasteiger partial charge is 0.355 e. The molecule has 0 atom stereocenters. The minimum absolute atomic E-state index is 0.301. The third kappa shape index (κ3) is 3.61. The molecule has 4 nitrogen and oxygen atoms in total. The Morgan fingerprint density at radius 2 is 1.77 bits per heavy atom. The van der Waals surface area contributed by atoms with E-state index in [9.17, 15) is 9.18 Å². The average molecular weight is 353 g/mol. The van der Waals surface area contributed by atoms with Crippen molar-refractivity contribution >= 4 is 5.97 Å². The molecule has 0 aliphatic heterocycles. The van der Waals surface area contributed by atoms with Crippen LogP contribution in [0.15, 0.2) is 60.7 Å². The molecule has 2 aromatic carbocycles. The number of ether oxygens (including phenoxy) is 2. The second-order valence-electron chi connectivity index (χ2n) is 5.75. The first-order chi connectivity index (χ1) is 12.6. The zero-order valence-corrected chi connectivity index (χ0v) is 14.7. The van der Waals surface area contributed by atoms with Gasteiger partial charge >= 0.3 is 5.97 Å². The Morgan fingerprint density at radius 3 is 2.38 bits per heavy atom. The van der Waals surface area contributed by atoms with Gasteiger partial charge in [-0.15, -0.1) is 0 Å². The summed E-state index contributed by atoms with van der Waals surface area (Å²) in [5.74, 6) is -0.183. The van der Waals surface area contributed by atoms with E-state index < -0.39 is 5.97 Å². The second kappa shape index (κ2) is 7.87. The first-order valence-corrected chi connectivity index (χ1v) is 8.38. The summed E-state index contributed by atoms with van der Waals surface area (Å²) in [6.45, 7) is 2.71. The first-order valence-electron chi connectivity index (χ1n) is 8.38. The van der Waals surface area contributed by atoms with Crippen molar-refractivity contribution in [2.24, 2.45) is 0 Å². The van der Waals surface area contributed by atoms with Crippen molar-refractivity contribution in [1.29, 1.82) is 0 Å². The SMILES string of the molecule is CCOc1cc(-c2ccccc2)c(C(=O)OC)n1Cc1ccc(F)cc1. The summed E-state index contributed by atoms with van der Waals surface area (Å²) in [4.78, 5) is 12.5. The maximum absolute atomic E-state index is 13.2. The van der Waals surface area contributed by atoms with Crippen LogP contribution in [0.1, 0.15) is 23.0 Å². The van der Waals surface area contributed by atoms with Gasteiger partial charge in [-0.05, 0) is 30.2 Å². The Bertz CT molecular complexity index is 886. The highest BCUT2D eigenvalue weighted by atomic mass is 19.1. The fourth-order valence-corrected chi connectivity index (χ4v) is 2.88. The van der Waals surface area contributed by atoms with E-state index in [1.807, 2.05) is 43.3 Å². The zero-order valence-electron chi connectivity index (χ0n) is 14.7. The first kappa shape index (κ1) is 17.7. The molecule has 0 aliphatic rings. The van der Waals surface area contributed by atoms with Crippen molar-refractivity contribution in [2.45, 2.75) is 13.5 Å². The number of hydrogen-bond acceptors (Lipinski definition) is 3. The lowest BCUT2D eigenvalue weighted by atomic mass is 10.1. The fraction of sp³-hybridized carbons (Fsp3) is 0.190. The molecule has 0 radical (unpaired) electrons. The summed E-state index contributed by atoms with van der Waals surface area (Å²) >= 11 is 0. The van der Waals surface area contributed by atoms with Crippen LogP contribution >= 0.6 is 0 Å². The van der Waals surface area contributed by atoms with Crippen molar-refractivity contribution in [3.63, 3.8) is 0 Å². The molecule has 0 saturated heterocycles. The molecule has 0 bridgehead atoms. The zero-order chi connectivity index (χ0) is 18.5. The Morgan fingerprint density at radius 1 is 1.08 bits per heavy atom. The Kier molecular flexibility index (Phi) is 5.37. The summed E-state index contributed by atoms with van der Waals surface area (Å²) in [6.07, 6.45) is 0. The maximum Gasteiger partial charge on any atom is 0.355 e. The molecule has 3 rings (SSSR count). The predicted octanol–water partition coefficient (Wildman–Crippen LogP) is 4.53. The molecule has 0 aliphatic carbocycles. The van der Waals surface area contributed by atoms with Crippen LogP contribution in [0.3, 0.4) is 0 Å². The highest BCUT2D eigenvalue weighted by molar-refractivity contribution is 5.96. The molecule has 3 aromatic rings. The summed E-state index contributed by atoms with van der Waals surface area (Å²) in [6, 6.07) is 17.6. The molecule has 0 fully saturated rings. The van der Waals surface area contributed by atoms with Gasteiger partial charge < -0.3 is 14.0 Å². The van der Waals surface area contributed by atoms with Gasteiger partial charge in [0, 0.05) is 11.6 Å². The number of carbonyl (C=O) groups excluding carboxylic acids is 1. The monoisotopic (exact) mass is 353 g/mol. The molecule has 5 heteroatoms. The third-order valence-electron chi connectivity index (χ3n) is 4.07. The average Bonchev–Trinajstić information content (AvgIpc) is 3.02. The van der Waals surface area contributed by atoms with Gasteiger partial charge in [-0.1, -0.05) is 42.5 Å². The fourth-order valence-electron chi connectivity index (χ4n) is 2.88. The molecule has 1 heterocycles. The van der Waals surface area contributed by atoms with Gasteiger partial charge in [0.25, 0.3) is 0 Å². The summed E-state index contributed by atoms with van der Waals surface area (Å²) in [5, 5.41) is 0. The van der Waals surface area contributed by atoms with E-state index in [0.29, 0.717) is 24.7 Å². The van der Waals surface area contributed by atoms with Gasteiger partial charge in [-0.25, -0.2) is 9.18 Å². The Labute approximate surface area is 151 Å². The van der Waals surface area contributed by atoms with E-state index in [0.717, 1.165) is 16.7 Å². The summed E-state index contributed by atoms with van der Waals surface area (Å²) in [7, 11) is 1.35. The molecular weight excluding hydrogens is 333 g/mol. The van der Waals surface area contributed by atoms with E-state index in [4.69, 9.17) is 9.47 Å². The lowest BCUT2D eigenvalue weighted by Gasteiger charge is -2.13. The number of aromatic nitrogens is 1. The van der Waals surface area contributed by atoms with E-state index in [1.165, 1.54) is 19.2 Å². The van der Waals surface area contributed by atoms with E-state index in [2.05, 4.69) is 0 Å². The maximum atomic E-state index is 13.2. The van der Waals surface area contributed by atoms with E-state index >= 15 is 0 Å². The van der Waals surface area contributed by atoms with Crippen LogP contribution in [0.4, 0.5) is 4.39 Å². The Balaban J connectivity index is 2.14. The van der Waals surface area contributed by atoms with Crippen LogP contribution in [-0.4, -0.2) is 24.3 Å². The van der Waals surface area contributed by atoms with Gasteiger partial charge in [0.2, 0.25) is 0 Å². The third-order valence-corrected chi connectivity index (χ3v) is 4.07. The van der Waals surface area contributed by atoms with Gasteiger partial charge in [-0.2, -0.15) is 0 Å². The molecule has 0 saturated carbocycles. The lowest BCUT2D eigenvalue weighted by Crippen LogP contribution is -2.14. The number of esters is 1. The summed E-state index contributed by atoms with van der Waals surface area (Å²) in [5.41, 5.74) is 2.90. The quantitative estimate of drug-likeness (QED) is 0.612. The van der Waals surface area contributed by atoms with Crippen LogP contribution in [0.25, 0.3) is 11.1 Å². The van der Waals surface area contributed by atoms with Crippen LogP contribution in [0.5, 0.6) is 5.88 Å². The van der Waals surface area contributed by atoms with Gasteiger partial charge in [-0.3, -0.25) is 0 Å². The number of halogens is 1. The molecule has 0 spiro atoms. The minimum atomic E-state index is -0.447. The number of nitrogens with zero attached hydrogens (tertiary/aromatic N) is 1. The topological polar surface area (TPSA) is 40.5 Å².